The number of hydrogen-bond donors (Lipinski definition) is 1. The highest BCUT2D eigenvalue weighted by molar-refractivity contribution is 5.65. The van der Waals surface area contributed by atoms with Gasteiger partial charge in [0, 0.05) is 32.2 Å². The molecule has 0 bridgehead atoms. The van der Waals surface area contributed by atoms with Crippen molar-refractivity contribution in [3.63, 3.8) is 0 Å². The van der Waals surface area contributed by atoms with Crippen LogP contribution in [0.1, 0.15) is 25.3 Å². The standard InChI is InChI=1S/C24H28FN3O2/c1-17(29)14-28(15-18-12-13-18)16-20-23(19-8-4-3-5-9-19)26-27(2)24(20)30-22-11-7-6-10-21(22)25/h3-11,17-18,29H,12-16H2,1-2H3/t17-/m0/s1. The lowest BCUT2D eigenvalue weighted by molar-refractivity contribution is 0.119. The van der Waals surface area contributed by atoms with E-state index in [-0.39, 0.29) is 5.75 Å². The smallest absolute Gasteiger partial charge is 0.222 e. The van der Waals surface area contributed by atoms with Gasteiger partial charge in [-0.2, -0.15) is 5.10 Å². The summed E-state index contributed by atoms with van der Waals surface area (Å²) < 4.78 is 22.0. The minimum atomic E-state index is -0.434. The first-order valence-electron chi connectivity index (χ1n) is 10.5. The average molecular weight is 410 g/mol. The topological polar surface area (TPSA) is 50.5 Å². The number of rotatable bonds is 9. The van der Waals surface area contributed by atoms with Crippen LogP contribution in [-0.2, 0) is 13.6 Å². The first-order chi connectivity index (χ1) is 14.5. The number of benzene rings is 2. The summed E-state index contributed by atoms with van der Waals surface area (Å²) in [6, 6.07) is 16.3. The van der Waals surface area contributed by atoms with Crippen molar-refractivity contribution in [2.75, 3.05) is 13.1 Å². The van der Waals surface area contributed by atoms with E-state index < -0.39 is 11.9 Å². The summed E-state index contributed by atoms with van der Waals surface area (Å²) >= 11 is 0. The number of hydrogen-bond acceptors (Lipinski definition) is 4. The quantitative estimate of drug-likeness (QED) is 0.561. The zero-order valence-corrected chi connectivity index (χ0v) is 17.5. The first-order valence-corrected chi connectivity index (χ1v) is 10.5. The van der Waals surface area contributed by atoms with Crippen LogP contribution in [0.2, 0.25) is 0 Å². The Morgan fingerprint density at radius 2 is 1.87 bits per heavy atom. The van der Waals surface area contributed by atoms with Gasteiger partial charge in [-0.3, -0.25) is 4.90 Å². The van der Waals surface area contributed by atoms with E-state index in [9.17, 15) is 9.50 Å². The number of para-hydroxylation sites is 1. The van der Waals surface area contributed by atoms with Gasteiger partial charge < -0.3 is 9.84 Å². The zero-order chi connectivity index (χ0) is 21.1. The van der Waals surface area contributed by atoms with Crippen LogP contribution in [0.15, 0.2) is 54.6 Å². The Kier molecular flexibility index (Phi) is 6.16. The Morgan fingerprint density at radius 1 is 1.17 bits per heavy atom. The fourth-order valence-corrected chi connectivity index (χ4v) is 3.75. The fraction of sp³-hybridized carbons (Fsp3) is 0.375. The summed E-state index contributed by atoms with van der Waals surface area (Å²) in [5.41, 5.74) is 2.69. The molecule has 1 atom stereocenters. The van der Waals surface area contributed by atoms with Gasteiger partial charge in [0.2, 0.25) is 5.88 Å². The highest BCUT2D eigenvalue weighted by Gasteiger charge is 2.28. The average Bonchev–Trinajstić information content (AvgIpc) is 3.49. The van der Waals surface area contributed by atoms with Gasteiger partial charge in [0.1, 0.15) is 5.69 Å². The van der Waals surface area contributed by atoms with E-state index in [4.69, 9.17) is 9.84 Å². The molecule has 0 unspecified atom stereocenters. The van der Waals surface area contributed by atoms with Crippen molar-refractivity contribution in [1.29, 1.82) is 0 Å². The van der Waals surface area contributed by atoms with E-state index in [0.29, 0.717) is 24.9 Å². The SMILES string of the molecule is C[C@H](O)CN(Cc1c(-c2ccccc2)nn(C)c1Oc1ccccc1F)CC1CC1. The van der Waals surface area contributed by atoms with Crippen molar-refractivity contribution >= 4 is 0 Å². The lowest BCUT2D eigenvalue weighted by atomic mass is 10.1. The van der Waals surface area contributed by atoms with Crippen molar-refractivity contribution in [2.24, 2.45) is 13.0 Å². The maximum Gasteiger partial charge on any atom is 0.222 e. The van der Waals surface area contributed by atoms with Crippen LogP contribution >= 0.6 is 0 Å². The van der Waals surface area contributed by atoms with Crippen LogP contribution in [0.4, 0.5) is 4.39 Å². The highest BCUT2D eigenvalue weighted by atomic mass is 19.1. The lowest BCUT2D eigenvalue weighted by Gasteiger charge is -2.24. The van der Waals surface area contributed by atoms with Gasteiger partial charge in [-0.15, -0.1) is 0 Å². The predicted molar refractivity (Wildman–Crippen MR) is 115 cm³/mol. The molecule has 30 heavy (non-hydrogen) atoms. The maximum absolute atomic E-state index is 14.3. The van der Waals surface area contributed by atoms with Crippen LogP contribution in [0.25, 0.3) is 11.3 Å². The number of aliphatic hydroxyl groups is 1. The van der Waals surface area contributed by atoms with Gasteiger partial charge in [-0.25, -0.2) is 9.07 Å². The molecule has 0 aliphatic heterocycles. The summed E-state index contributed by atoms with van der Waals surface area (Å²) in [7, 11) is 1.81. The number of aliphatic hydroxyl groups excluding tert-OH is 1. The lowest BCUT2D eigenvalue weighted by Crippen LogP contribution is -2.32. The van der Waals surface area contributed by atoms with E-state index in [1.165, 1.54) is 18.9 Å². The summed E-state index contributed by atoms with van der Waals surface area (Å²) in [6.45, 7) is 3.87. The molecule has 2 aromatic carbocycles. The second-order valence-corrected chi connectivity index (χ2v) is 8.14. The fourth-order valence-electron chi connectivity index (χ4n) is 3.75. The Hall–Kier alpha value is -2.70. The third-order valence-electron chi connectivity index (χ3n) is 5.30. The molecule has 1 heterocycles. The monoisotopic (exact) mass is 409 g/mol. The normalized spacial score (nSPS) is 14.8. The van der Waals surface area contributed by atoms with Gasteiger partial charge in [0.05, 0.1) is 11.7 Å². The van der Waals surface area contributed by atoms with E-state index in [2.05, 4.69) is 4.90 Å². The molecular formula is C24H28FN3O2. The number of nitrogens with zero attached hydrogens (tertiary/aromatic N) is 3. The van der Waals surface area contributed by atoms with Crippen LogP contribution in [0.5, 0.6) is 11.6 Å². The largest absolute Gasteiger partial charge is 0.436 e. The molecule has 0 saturated heterocycles. The molecule has 158 valence electrons. The second kappa shape index (κ2) is 8.98. The third kappa shape index (κ3) is 4.89. The molecule has 0 amide bonds. The molecule has 0 radical (unpaired) electrons. The van der Waals surface area contributed by atoms with Gasteiger partial charge in [-0.05, 0) is 37.8 Å². The summed E-state index contributed by atoms with van der Waals surface area (Å²) in [4.78, 5) is 2.25. The van der Waals surface area contributed by atoms with E-state index in [1.54, 1.807) is 29.8 Å². The van der Waals surface area contributed by atoms with Crippen molar-refractivity contribution in [2.45, 2.75) is 32.4 Å². The minimum absolute atomic E-state index is 0.172. The summed E-state index contributed by atoms with van der Waals surface area (Å²) in [6.07, 6.45) is 2.03. The van der Waals surface area contributed by atoms with Crippen LogP contribution < -0.4 is 4.74 Å². The first kappa shape index (κ1) is 20.6. The Labute approximate surface area is 176 Å². The molecule has 1 aliphatic carbocycles. The molecule has 1 N–H and O–H groups in total. The number of halogens is 1. The molecular weight excluding hydrogens is 381 g/mol. The van der Waals surface area contributed by atoms with Crippen molar-refractivity contribution in [1.82, 2.24) is 14.7 Å². The molecule has 4 rings (SSSR count). The molecule has 1 aromatic heterocycles. The Balaban J connectivity index is 1.73. The second-order valence-electron chi connectivity index (χ2n) is 8.14. The van der Waals surface area contributed by atoms with Gasteiger partial charge in [0.15, 0.2) is 11.6 Å². The van der Waals surface area contributed by atoms with E-state index >= 15 is 0 Å². The number of aromatic nitrogens is 2. The molecule has 5 nitrogen and oxygen atoms in total. The third-order valence-corrected chi connectivity index (χ3v) is 5.30. The zero-order valence-electron chi connectivity index (χ0n) is 17.5. The molecule has 3 aromatic rings. The number of aryl methyl sites for hydroxylation is 1. The van der Waals surface area contributed by atoms with E-state index in [1.807, 2.05) is 37.4 Å². The van der Waals surface area contributed by atoms with Crippen molar-refractivity contribution < 1.29 is 14.2 Å². The van der Waals surface area contributed by atoms with Crippen LogP contribution in [0, 0.1) is 11.7 Å². The van der Waals surface area contributed by atoms with Gasteiger partial charge >= 0.3 is 0 Å². The molecule has 6 heteroatoms. The van der Waals surface area contributed by atoms with Crippen molar-refractivity contribution in [3.05, 3.63) is 66.0 Å². The van der Waals surface area contributed by atoms with Crippen molar-refractivity contribution in [3.8, 4) is 22.9 Å². The Bertz CT molecular complexity index is 979. The predicted octanol–water partition coefficient (Wildman–Crippen LogP) is 4.61. The van der Waals surface area contributed by atoms with E-state index in [0.717, 1.165) is 23.4 Å². The Morgan fingerprint density at radius 3 is 2.53 bits per heavy atom. The molecule has 0 spiro atoms. The minimum Gasteiger partial charge on any atom is -0.436 e. The summed E-state index contributed by atoms with van der Waals surface area (Å²) in [5.74, 6) is 0.956. The maximum atomic E-state index is 14.3. The van der Waals surface area contributed by atoms with Crippen LogP contribution in [0.3, 0.4) is 0 Å². The number of ether oxygens (including phenoxy) is 1. The summed E-state index contributed by atoms with van der Waals surface area (Å²) in [5, 5.41) is 14.7. The highest BCUT2D eigenvalue weighted by Crippen LogP contribution is 2.36. The van der Waals surface area contributed by atoms with Crippen LogP contribution in [-0.4, -0.2) is 39.0 Å². The van der Waals surface area contributed by atoms with Gasteiger partial charge in [-0.1, -0.05) is 42.5 Å². The molecule has 1 fully saturated rings. The molecule has 1 aliphatic rings. The molecule has 1 saturated carbocycles. The van der Waals surface area contributed by atoms with Gasteiger partial charge in [0.25, 0.3) is 0 Å².